The van der Waals surface area contributed by atoms with Crippen molar-refractivity contribution in [3.63, 3.8) is 0 Å². The van der Waals surface area contributed by atoms with Crippen LogP contribution in [0.1, 0.15) is 27.0 Å². The molecule has 0 atom stereocenters. The largest absolute Gasteiger partial charge is 0.399 e. The molecule has 2 N–H and O–H groups in total. The lowest BCUT2D eigenvalue weighted by atomic mass is 9.97. The molecule has 4 heteroatoms. The maximum atomic E-state index is 12.5. The van der Waals surface area contributed by atoms with Gasteiger partial charge in [-0.15, -0.1) is 0 Å². The number of rotatable bonds is 2. The van der Waals surface area contributed by atoms with E-state index in [1.807, 2.05) is 26.0 Å². The third-order valence-electron chi connectivity index (χ3n) is 2.99. The van der Waals surface area contributed by atoms with Crippen LogP contribution in [0.25, 0.3) is 0 Å². The maximum absolute atomic E-state index is 12.5. The molecule has 0 heterocycles. The molecule has 2 aromatic rings. The molecule has 0 radical (unpaired) electrons. The zero-order valence-electron chi connectivity index (χ0n) is 10.6. The van der Waals surface area contributed by atoms with E-state index in [0.29, 0.717) is 21.8 Å². The van der Waals surface area contributed by atoms with Gasteiger partial charge in [0.25, 0.3) is 0 Å². The van der Waals surface area contributed by atoms with E-state index in [4.69, 9.17) is 17.3 Å². The topological polar surface area (TPSA) is 43.1 Å². The molecule has 2 rings (SSSR count). The van der Waals surface area contributed by atoms with E-state index in [-0.39, 0.29) is 5.78 Å². The van der Waals surface area contributed by atoms with Crippen LogP contribution in [0.2, 0.25) is 5.02 Å². The molecule has 98 valence electrons. The Morgan fingerprint density at radius 3 is 2.42 bits per heavy atom. The highest BCUT2D eigenvalue weighted by molar-refractivity contribution is 9.10. The predicted octanol–water partition coefficient (Wildman–Crippen LogP) is 4.53. The Balaban J connectivity index is 2.53. The number of halogens is 2. The normalized spacial score (nSPS) is 10.5. The fraction of sp³-hybridized carbons (Fsp3) is 0.133. The minimum absolute atomic E-state index is 0.0851. The summed E-state index contributed by atoms with van der Waals surface area (Å²) < 4.78 is 0.991. The highest BCUT2D eigenvalue weighted by atomic mass is 79.9. The molecule has 0 spiro atoms. The fourth-order valence-corrected chi connectivity index (χ4v) is 2.62. The van der Waals surface area contributed by atoms with Crippen LogP contribution < -0.4 is 5.73 Å². The van der Waals surface area contributed by atoms with E-state index in [1.165, 1.54) is 0 Å². The van der Waals surface area contributed by atoms with Gasteiger partial charge < -0.3 is 5.73 Å². The van der Waals surface area contributed by atoms with Gasteiger partial charge in [-0.25, -0.2) is 0 Å². The number of nitrogen functional groups attached to an aromatic ring is 1. The van der Waals surface area contributed by atoms with E-state index in [2.05, 4.69) is 15.9 Å². The van der Waals surface area contributed by atoms with Crippen molar-refractivity contribution in [2.24, 2.45) is 0 Å². The van der Waals surface area contributed by atoms with Crippen LogP contribution in [0, 0.1) is 13.8 Å². The van der Waals surface area contributed by atoms with Crippen LogP contribution in [-0.4, -0.2) is 5.78 Å². The molecule has 0 aliphatic heterocycles. The molecule has 0 aliphatic rings. The van der Waals surface area contributed by atoms with E-state index in [0.717, 1.165) is 15.6 Å². The number of ketones is 1. The minimum Gasteiger partial charge on any atom is -0.399 e. The number of carbonyl (C=O) groups excluding carboxylic acids is 1. The van der Waals surface area contributed by atoms with Crippen molar-refractivity contribution in [2.45, 2.75) is 13.8 Å². The summed E-state index contributed by atoms with van der Waals surface area (Å²) in [4.78, 5) is 12.5. The highest BCUT2D eigenvalue weighted by Crippen LogP contribution is 2.26. The molecule has 0 fully saturated rings. The average Bonchev–Trinajstić information content (AvgIpc) is 2.33. The second-order valence-electron chi connectivity index (χ2n) is 4.48. The summed E-state index contributed by atoms with van der Waals surface area (Å²) in [5, 5.41) is 0.380. The fourth-order valence-electron chi connectivity index (χ4n) is 1.89. The van der Waals surface area contributed by atoms with E-state index in [1.54, 1.807) is 18.2 Å². The van der Waals surface area contributed by atoms with Gasteiger partial charge in [0, 0.05) is 21.3 Å². The smallest absolute Gasteiger partial charge is 0.194 e. The van der Waals surface area contributed by atoms with Crippen molar-refractivity contribution < 1.29 is 4.79 Å². The molecule has 19 heavy (non-hydrogen) atoms. The van der Waals surface area contributed by atoms with Gasteiger partial charge >= 0.3 is 0 Å². The lowest BCUT2D eigenvalue weighted by molar-refractivity contribution is 0.103. The lowest BCUT2D eigenvalue weighted by Crippen LogP contribution is -2.05. The number of nitrogens with two attached hydrogens (primary N) is 1. The Kier molecular flexibility index (Phi) is 3.97. The minimum atomic E-state index is -0.0851. The van der Waals surface area contributed by atoms with Crippen LogP contribution >= 0.6 is 27.5 Å². The number of carbonyl (C=O) groups is 1. The van der Waals surface area contributed by atoms with Crippen LogP contribution in [0.5, 0.6) is 0 Å². The Morgan fingerprint density at radius 1 is 1.11 bits per heavy atom. The number of hydrogen-bond acceptors (Lipinski definition) is 2. The van der Waals surface area contributed by atoms with Crippen molar-refractivity contribution in [2.75, 3.05) is 5.73 Å². The number of benzene rings is 2. The van der Waals surface area contributed by atoms with E-state index in [9.17, 15) is 4.79 Å². The molecule has 0 aromatic heterocycles. The van der Waals surface area contributed by atoms with E-state index < -0.39 is 0 Å². The predicted molar refractivity (Wildman–Crippen MR) is 82.9 cm³/mol. The van der Waals surface area contributed by atoms with Gasteiger partial charge in [0.15, 0.2) is 5.78 Å². The van der Waals surface area contributed by atoms with Crippen molar-refractivity contribution >= 4 is 39.0 Å². The van der Waals surface area contributed by atoms with Crippen molar-refractivity contribution in [1.29, 1.82) is 0 Å². The van der Waals surface area contributed by atoms with Crippen molar-refractivity contribution in [3.8, 4) is 0 Å². The van der Waals surface area contributed by atoms with Gasteiger partial charge in [-0.2, -0.15) is 0 Å². The third kappa shape index (κ3) is 2.82. The SMILES string of the molecule is Cc1cc(C(=O)c2ccc(N)cc2Cl)c(C)cc1Br. The maximum Gasteiger partial charge on any atom is 0.194 e. The Morgan fingerprint density at radius 2 is 1.79 bits per heavy atom. The summed E-state index contributed by atoms with van der Waals surface area (Å²) in [5.74, 6) is -0.0851. The van der Waals surface area contributed by atoms with Gasteiger partial charge in [0.2, 0.25) is 0 Å². The first-order chi connectivity index (χ1) is 8.90. The van der Waals surface area contributed by atoms with Crippen LogP contribution in [0.3, 0.4) is 0 Å². The molecule has 0 bridgehead atoms. The molecule has 2 aromatic carbocycles. The second kappa shape index (κ2) is 5.35. The molecular weight excluding hydrogens is 326 g/mol. The third-order valence-corrected chi connectivity index (χ3v) is 4.16. The molecule has 0 saturated heterocycles. The van der Waals surface area contributed by atoms with E-state index >= 15 is 0 Å². The van der Waals surface area contributed by atoms with Gasteiger partial charge in [0.1, 0.15) is 0 Å². The number of hydrogen-bond donors (Lipinski definition) is 1. The first-order valence-electron chi connectivity index (χ1n) is 5.76. The Hall–Kier alpha value is -1.32. The standard InChI is InChI=1S/C15H13BrClNO/c1-8-6-13(16)9(2)5-12(8)15(19)11-4-3-10(18)7-14(11)17/h3-7H,18H2,1-2H3. The van der Waals surface area contributed by atoms with Crippen LogP contribution in [0.4, 0.5) is 5.69 Å². The summed E-state index contributed by atoms with van der Waals surface area (Å²) in [6.45, 7) is 3.85. The zero-order valence-corrected chi connectivity index (χ0v) is 13.0. The molecule has 0 amide bonds. The summed E-state index contributed by atoms with van der Waals surface area (Å²) in [6.07, 6.45) is 0. The second-order valence-corrected chi connectivity index (χ2v) is 5.75. The summed E-state index contributed by atoms with van der Waals surface area (Å²) in [5.41, 5.74) is 9.24. The quantitative estimate of drug-likeness (QED) is 0.645. The highest BCUT2D eigenvalue weighted by Gasteiger charge is 2.16. The number of aryl methyl sites for hydroxylation is 2. The van der Waals surface area contributed by atoms with Gasteiger partial charge in [-0.1, -0.05) is 27.5 Å². The Bertz CT molecular complexity index is 667. The average molecular weight is 339 g/mol. The molecule has 0 unspecified atom stereocenters. The zero-order chi connectivity index (χ0) is 14.2. The Labute approximate surface area is 125 Å². The summed E-state index contributed by atoms with van der Waals surface area (Å²) in [7, 11) is 0. The lowest BCUT2D eigenvalue weighted by Gasteiger charge is -2.09. The first kappa shape index (κ1) is 14.1. The number of anilines is 1. The molecular formula is C15H13BrClNO. The monoisotopic (exact) mass is 337 g/mol. The molecule has 0 saturated carbocycles. The summed E-state index contributed by atoms with van der Waals surface area (Å²) >= 11 is 9.54. The van der Waals surface area contributed by atoms with Gasteiger partial charge in [-0.3, -0.25) is 4.79 Å². The van der Waals surface area contributed by atoms with Crippen molar-refractivity contribution in [1.82, 2.24) is 0 Å². The van der Waals surface area contributed by atoms with Crippen LogP contribution in [-0.2, 0) is 0 Å². The molecule has 0 aliphatic carbocycles. The summed E-state index contributed by atoms with van der Waals surface area (Å²) in [6, 6.07) is 8.75. The molecule has 2 nitrogen and oxygen atoms in total. The van der Waals surface area contributed by atoms with Crippen molar-refractivity contribution in [3.05, 3.63) is 62.1 Å². The van der Waals surface area contributed by atoms with Crippen LogP contribution in [0.15, 0.2) is 34.8 Å². The van der Waals surface area contributed by atoms with Gasteiger partial charge in [-0.05, 0) is 55.3 Å². The first-order valence-corrected chi connectivity index (χ1v) is 6.93. The van der Waals surface area contributed by atoms with Gasteiger partial charge in [0.05, 0.1) is 5.02 Å².